The van der Waals surface area contributed by atoms with Crippen LogP contribution in [0.4, 0.5) is 34.1 Å². The van der Waals surface area contributed by atoms with Crippen LogP contribution >= 0.6 is 0 Å². The van der Waals surface area contributed by atoms with Crippen LogP contribution in [0, 0.1) is 0 Å². The predicted octanol–water partition coefficient (Wildman–Crippen LogP) is 14.9. The lowest BCUT2D eigenvalue weighted by atomic mass is 9.73. The molecule has 262 valence electrons. The Morgan fingerprint density at radius 3 is 1.69 bits per heavy atom. The van der Waals surface area contributed by atoms with Gasteiger partial charge in [0.15, 0.2) is 0 Å². The van der Waals surface area contributed by atoms with Gasteiger partial charge in [0.2, 0.25) is 0 Å². The molecule has 2 nitrogen and oxygen atoms in total. The van der Waals surface area contributed by atoms with E-state index >= 15 is 0 Å². The molecule has 0 atom stereocenters. The van der Waals surface area contributed by atoms with Gasteiger partial charge in [-0.15, -0.1) is 0 Å². The molecule has 0 unspecified atom stereocenters. The minimum Gasteiger partial charge on any atom is -0.310 e. The molecular formula is C53H40N2. The van der Waals surface area contributed by atoms with Gasteiger partial charge in [0.25, 0.3) is 0 Å². The lowest BCUT2D eigenvalue weighted by Gasteiger charge is -2.42. The summed E-state index contributed by atoms with van der Waals surface area (Å²) in [6, 6.07) is 75.1. The van der Waals surface area contributed by atoms with Crippen molar-refractivity contribution >= 4 is 55.7 Å². The van der Waals surface area contributed by atoms with E-state index in [9.17, 15) is 0 Å². The zero-order chi connectivity index (χ0) is 36.9. The van der Waals surface area contributed by atoms with E-state index in [1.165, 1.54) is 72.0 Å². The van der Waals surface area contributed by atoms with E-state index in [1.807, 2.05) is 0 Å². The number of nitrogens with zero attached hydrogens (tertiary/aromatic N) is 2. The highest BCUT2D eigenvalue weighted by molar-refractivity contribution is 6.10. The molecule has 0 bridgehead atoms. The van der Waals surface area contributed by atoms with E-state index in [0.29, 0.717) is 0 Å². The Labute approximate surface area is 323 Å². The summed E-state index contributed by atoms with van der Waals surface area (Å²) in [7, 11) is 0. The van der Waals surface area contributed by atoms with Gasteiger partial charge in [0.05, 0.1) is 11.4 Å². The number of anilines is 6. The topological polar surface area (TPSA) is 6.48 Å². The summed E-state index contributed by atoms with van der Waals surface area (Å²) in [6.07, 6.45) is 0. The highest BCUT2D eigenvalue weighted by atomic mass is 15.2. The maximum atomic E-state index is 2.42. The first-order chi connectivity index (χ1) is 27.0. The summed E-state index contributed by atoms with van der Waals surface area (Å²) >= 11 is 0. The lowest BCUT2D eigenvalue weighted by molar-refractivity contribution is 0.632. The number of hydrogen-bond donors (Lipinski definition) is 0. The fourth-order valence-corrected chi connectivity index (χ4v) is 8.56. The molecule has 0 fully saturated rings. The smallest absolute Gasteiger partial charge is 0.0503 e. The number of hydrogen-bond acceptors (Lipinski definition) is 2. The van der Waals surface area contributed by atoms with E-state index in [0.717, 1.165) is 17.1 Å². The van der Waals surface area contributed by atoms with E-state index in [2.05, 4.69) is 230 Å². The number of fused-ring (bicyclic) bond motifs is 5. The fourth-order valence-electron chi connectivity index (χ4n) is 8.56. The summed E-state index contributed by atoms with van der Waals surface area (Å²) in [6.45, 7) is 4.72. The van der Waals surface area contributed by atoms with Gasteiger partial charge < -0.3 is 9.80 Å². The van der Waals surface area contributed by atoms with E-state index < -0.39 is 0 Å². The third-order valence-corrected chi connectivity index (χ3v) is 11.4. The van der Waals surface area contributed by atoms with Gasteiger partial charge in [-0.25, -0.2) is 0 Å². The average molecular weight is 705 g/mol. The summed E-state index contributed by atoms with van der Waals surface area (Å²) in [5.74, 6) is 0. The largest absolute Gasteiger partial charge is 0.310 e. The monoisotopic (exact) mass is 704 g/mol. The predicted molar refractivity (Wildman–Crippen MR) is 234 cm³/mol. The molecule has 0 aliphatic carbocycles. The standard InChI is InChI=1S/C53H40N2/c1-53(2)49-20-12-13-21-51(49)55(44-18-10-5-11-19-44)52-33-28-41(36-50(52)53)40-24-22-39-23-25-42-34-46(31-32-47(42)48(39)35-40)54(43-16-8-4-9-17-43)45-29-26-38(27-30-45)37-14-6-3-7-15-37/h3-36H,1-2H3. The third kappa shape index (κ3) is 5.66. The molecule has 0 saturated heterocycles. The van der Waals surface area contributed by atoms with Crippen LogP contribution in [-0.4, -0.2) is 0 Å². The van der Waals surface area contributed by atoms with Gasteiger partial charge in [-0.05, 0) is 128 Å². The van der Waals surface area contributed by atoms with Crippen molar-refractivity contribution < 1.29 is 0 Å². The molecule has 2 heteroatoms. The summed E-state index contributed by atoms with van der Waals surface area (Å²) < 4.78 is 0. The molecule has 1 aliphatic rings. The van der Waals surface area contributed by atoms with Crippen LogP contribution in [0.2, 0.25) is 0 Å². The Balaban J connectivity index is 1.06. The van der Waals surface area contributed by atoms with Gasteiger partial charge in [-0.1, -0.05) is 147 Å². The second-order valence-electron chi connectivity index (χ2n) is 15.0. The van der Waals surface area contributed by atoms with E-state index in [4.69, 9.17) is 0 Å². The number of rotatable bonds is 6. The minimum atomic E-state index is -0.167. The van der Waals surface area contributed by atoms with Crippen molar-refractivity contribution in [3.05, 3.63) is 217 Å². The molecule has 55 heavy (non-hydrogen) atoms. The second kappa shape index (κ2) is 13.2. The van der Waals surface area contributed by atoms with Crippen LogP contribution in [0.3, 0.4) is 0 Å². The number of para-hydroxylation sites is 3. The second-order valence-corrected chi connectivity index (χ2v) is 15.0. The normalized spacial score (nSPS) is 13.0. The van der Waals surface area contributed by atoms with Crippen LogP contribution in [-0.2, 0) is 5.41 Å². The van der Waals surface area contributed by atoms with Gasteiger partial charge >= 0.3 is 0 Å². The molecule has 0 amide bonds. The van der Waals surface area contributed by atoms with Crippen LogP contribution in [0.25, 0.3) is 43.8 Å². The van der Waals surface area contributed by atoms with Crippen molar-refractivity contribution in [3.8, 4) is 22.3 Å². The molecule has 9 aromatic rings. The van der Waals surface area contributed by atoms with E-state index in [1.54, 1.807) is 0 Å². The molecule has 1 heterocycles. The Hall–Kier alpha value is -6.90. The SMILES string of the molecule is CC1(C)c2ccccc2N(c2ccccc2)c2ccc(-c3ccc4ccc5cc(N(c6ccccc6)c6ccc(-c7ccccc7)cc6)ccc5c4c3)cc21. The summed E-state index contributed by atoms with van der Waals surface area (Å²) in [4.78, 5) is 4.77. The van der Waals surface area contributed by atoms with Gasteiger partial charge in [0.1, 0.15) is 0 Å². The maximum absolute atomic E-state index is 2.42. The minimum absolute atomic E-state index is 0.167. The molecule has 10 rings (SSSR count). The molecule has 0 spiro atoms. The molecule has 1 aliphatic heterocycles. The van der Waals surface area contributed by atoms with E-state index in [-0.39, 0.29) is 5.41 Å². The Morgan fingerprint density at radius 1 is 0.364 bits per heavy atom. The maximum Gasteiger partial charge on any atom is 0.0503 e. The molecule has 0 saturated carbocycles. The first-order valence-electron chi connectivity index (χ1n) is 19.1. The van der Waals surface area contributed by atoms with Crippen LogP contribution < -0.4 is 9.80 Å². The Bertz CT molecular complexity index is 2820. The first-order valence-corrected chi connectivity index (χ1v) is 19.1. The van der Waals surface area contributed by atoms with Crippen molar-refractivity contribution in [2.45, 2.75) is 19.3 Å². The van der Waals surface area contributed by atoms with Crippen LogP contribution in [0.1, 0.15) is 25.0 Å². The van der Waals surface area contributed by atoms with Gasteiger partial charge in [-0.2, -0.15) is 0 Å². The zero-order valence-corrected chi connectivity index (χ0v) is 31.0. The number of benzene rings is 9. The molecule has 0 radical (unpaired) electrons. The highest BCUT2D eigenvalue weighted by Crippen LogP contribution is 2.52. The highest BCUT2D eigenvalue weighted by Gasteiger charge is 2.37. The van der Waals surface area contributed by atoms with Crippen molar-refractivity contribution in [3.63, 3.8) is 0 Å². The quantitative estimate of drug-likeness (QED) is 0.159. The summed E-state index contributed by atoms with van der Waals surface area (Å²) in [5.41, 5.74) is 14.4. The fraction of sp³-hybridized carbons (Fsp3) is 0.0566. The van der Waals surface area contributed by atoms with Gasteiger partial charge in [-0.3, -0.25) is 0 Å². The molecule has 0 aromatic heterocycles. The van der Waals surface area contributed by atoms with Crippen LogP contribution in [0.15, 0.2) is 206 Å². The first kappa shape index (κ1) is 32.7. The van der Waals surface area contributed by atoms with Crippen molar-refractivity contribution in [1.29, 1.82) is 0 Å². The summed E-state index contributed by atoms with van der Waals surface area (Å²) in [5, 5.41) is 4.96. The van der Waals surface area contributed by atoms with Crippen molar-refractivity contribution in [1.82, 2.24) is 0 Å². The van der Waals surface area contributed by atoms with Crippen LogP contribution in [0.5, 0.6) is 0 Å². The Morgan fingerprint density at radius 2 is 0.909 bits per heavy atom. The van der Waals surface area contributed by atoms with Crippen molar-refractivity contribution in [2.24, 2.45) is 0 Å². The molecule has 9 aromatic carbocycles. The average Bonchev–Trinajstić information content (AvgIpc) is 3.25. The lowest BCUT2D eigenvalue weighted by Crippen LogP contribution is -2.30. The molecular weight excluding hydrogens is 665 g/mol. The van der Waals surface area contributed by atoms with Crippen molar-refractivity contribution in [2.75, 3.05) is 9.80 Å². The zero-order valence-electron chi connectivity index (χ0n) is 31.0. The van der Waals surface area contributed by atoms with Gasteiger partial charge in [0, 0.05) is 28.2 Å². The molecule has 0 N–H and O–H groups in total. The Kier molecular flexibility index (Phi) is 7.85. The third-order valence-electron chi connectivity index (χ3n) is 11.4.